The maximum absolute atomic E-state index is 2.32. The molecule has 1 aliphatic carbocycles. The molecule has 0 aliphatic heterocycles. The predicted molar refractivity (Wildman–Crippen MR) is 59.6 cm³/mol. The summed E-state index contributed by atoms with van der Waals surface area (Å²) < 4.78 is 0. The van der Waals surface area contributed by atoms with Gasteiger partial charge in [0.2, 0.25) is 0 Å². The molecule has 0 nitrogen and oxygen atoms in total. The molecule has 0 radical (unpaired) electrons. The molecule has 0 heterocycles. The van der Waals surface area contributed by atoms with Crippen LogP contribution >= 0.6 is 0 Å². The molecule has 0 bridgehead atoms. The van der Waals surface area contributed by atoms with Crippen molar-refractivity contribution in [1.82, 2.24) is 0 Å². The summed E-state index contributed by atoms with van der Waals surface area (Å²) >= 11 is 0. The molecule has 0 saturated carbocycles. The van der Waals surface area contributed by atoms with Crippen molar-refractivity contribution in [1.29, 1.82) is 0 Å². The number of hydrogen-bond donors (Lipinski definition) is 0. The monoisotopic (exact) mass is 174 g/mol. The largest absolute Gasteiger partial charge is 0.0871 e. The Kier molecular flexibility index (Phi) is 3.75. The summed E-state index contributed by atoms with van der Waals surface area (Å²) in [7, 11) is 0. The molecule has 1 aliphatic rings. The Morgan fingerprint density at radius 3 is 2.69 bits per heavy atom. The fourth-order valence-corrected chi connectivity index (χ4v) is 1.48. The molecule has 0 aromatic heterocycles. The Bertz CT molecular complexity index is 274. The lowest BCUT2D eigenvalue weighted by molar-refractivity contribution is 0.732. The van der Waals surface area contributed by atoms with Crippen LogP contribution < -0.4 is 0 Å². The van der Waals surface area contributed by atoms with Gasteiger partial charge in [0, 0.05) is 0 Å². The Labute approximate surface area is 81.4 Å². The summed E-state index contributed by atoms with van der Waals surface area (Å²) in [5, 5.41) is 0. The first-order valence-corrected chi connectivity index (χ1v) is 4.95. The minimum Gasteiger partial charge on any atom is -0.0871 e. The van der Waals surface area contributed by atoms with E-state index in [0.717, 1.165) is 0 Å². The van der Waals surface area contributed by atoms with E-state index in [1.165, 1.54) is 17.6 Å². The van der Waals surface area contributed by atoms with Gasteiger partial charge < -0.3 is 0 Å². The summed E-state index contributed by atoms with van der Waals surface area (Å²) in [5.74, 6) is 0.701. The lowest BCUT2D eigenvalue weighted by atomic mass is 9.94. The number of allylic oxidation sites excluding steroid dienone is 8. The van der Waals surface area contributed by atoms with Crippen molar-refractivity contribution in [2.24, 2.45) is 5.92 Å². The molecule has 0 heteroatoms. The number of rotatable bonds is 2. The highest BCUT2D eigenvalue weighted by Gasteiger charge is 2.04. The molecular weight excluding hydrogens is 156 g/mol. The van der Waals surface area contributed by atoms with Crippen molar-refractivity contribution in [3.05, 3.63) is 47.6 Å². The summed E-state index contributed by atoms with van der Waals surface area (Å²) in [5.41, 5.74) is 2.68. The van der Waals surface area contributed by atoms with Crippen LogP contribution in [0.2, 0.25) is 0 Å². The van der Waals surface area contributed by atoms with E-state index in [9.17, 15) is 0 Å². The predicted octanol–water partition coefficient (Wildman–Crippen LogP) is 4.03. The topological polar surface area (TPSA) is 0 Å². The van der Waals surface area contributed by atoms with Gasteiger partial charge in [-0.25, -0.2) is 0 Å². The van der Waals surface area contributed by atoms with Gasteiger partial charge >= 0.3 is 0 Å². The summed E-state index contributed by atoms with van der Waals surface area (Å²) in [6.07, 6.45) is 14.4. The van der Waals surface area contributed by atoms with Gasteiger partial charge in [-0.3, -0.25) is 0 Å². The van der Waals surface area contributed by atoms with Crippen LogP contribution in [0.15, 0.2) is 47.6 Å². The van der Waals surface area contributed by atoms with Crippen LogP contribution in [-0.4, -0.2) is 0 Å². The Hall–Kier alpha value is -1.04. The van der Waals surface area contributed by atoms with Crippen molar-refractivity contribution in [3.63, 3.8) is 0 Å². The third kappa shape index (κ3) is 2.73. The third-order valence-electron chi connectivity index (χ3n) is 2.30. The average molecular weight is 174 g/mol. The SMILES string of the molecule is C/C=C\C(=C/C)C1=CCC(C)C=C1. The molecule has 70 valence electrons. The molecule has 13 heavy (non-hydrogen) atoms. The normalized spacial score (nSPS) is 23.8. The minimum absolute atomic E-state index is 0.701. The molecule has 0 amide bonds. The average Bonchev–Trinajstić information content (AvgIpc) is 2.16. The van der Waals surface area contributed by atoms with Gasteiger partial charge in [-0.05, 0) is 37.3 Å². The highest BCUT2D eigenvalue weighted by atomic mass is 14.1. The van der Waals surface area contributed by atoms with Crippen LogP contribution in [0, 0.1) is 5.92 Å². The summed E-state index contributed by atoms with van der Waals surface area (Å²) in [6, 6.07) is 0. The molecule has 0 spiro atoms. The summed E-state index contributed by atoms with van der Waals surface area (Å²) in [6.45, 7) is 6.38. The van der Waals surface area contributed by atoms with E-state index >= 15 is 0 Å². The van der Waals surface area contributed by atoms with Gasteiger partial charge in [0.1, 0.15) is 0 Å². The van der Waals surface area contributed by atoms with E-state index in [1.54, 1.807) is 0 Å². The first-order valence-electron chi connectivity index (χ1n) is 4.95. The van der Waals surface area contributed by atoms with E-state index in [2.05, 4.69) is 57.2 Å². The van der Waals surface area contributed by atoms with Crippen molar-refractivity contribution >= 4 is 0 Å². The van der Waals surface area contributed by atoms with Crippen LogP contribution in [0.5, 0.6) is 0 Å². The lowest BCUT2D eigenvalue weighted by Crippen LogP contribution is -1.95. The smallest absolute Gasteiger partial charge is 0.0224 e. The molecule has 0 fully saturated rings. The highest BCUT2D eigenvalue weighted by Crippen LogP contribution is 2.21. The van der Waals surface area contributed by atoms with Crippen molar-refractivity contribution in [3.8, 4) is 0 Å². The fourth-order valence-electron chi connectivity index (χ4n) is 1.48. The van der Waals surface area contributed by atoms with Crippen LogP contribution in [0.1, 0.15) is 27.2 Å². The zero-order valence-electron chi connectivity index (χ0n) is 8.75. The Morgan fingerprint density at radius 1 is 1.46 bits per heavy atom. The molecule has 0 aromatic carbocycles. The van der Waals surface area contributed by atoms with Gasteiger partial charge in [0.05, 0.1) is 0 Å². The maximum Gasteiger partial charge on any atom is -0.0224 e. The van der Waals surface area contributed by atoms with E-state index < -0.39 is 0 Å². The van der Waals surface area contributed by atoms with Crippen LogP contribution in [-0.2, 0) is 0 Å². The lowest BCUT2D eigenvalue weighted by Gasteiger charge is -2.12. The van der Waals surface area contributed by atoms with E-state index in [-0.39, 0.29) is 0 Å². The molecule has 1 rings (SSSR count). The quantitative estimate of drug-likeness (QED) is 0.554. The van der Waals surface area contributed by atoms with Crippen molar-refractivity contribution < 1.29 is 0 Å². The van der Waals surface area contributed by atoms with Crippen LogP contribution in [0.25, 0.3) is 0 Å². The van der Waals surface area contributed by atoms with E-state index in [1.807, 2.05) is 0 Å². The second kappa shape index (κ2) is 4.86. The second-order valence-corrected chi connectivity index (χ2v) is 3.48. The van der Waals surface area contributed by atoms with Crippen LogP contribution in [0.3, 0.4) is 0 Å². The zero-order chi connectivity index (χ0) is 9.68. The Balaban J connectivity index is 2.78. The molecular formula is C13H18. The molecule has 0 N–H and O–H groups in total. The first-order chi connectivity index (χ1) is 6.27. The van der Waals surface area contributed by atoms with Gasteiger partial charge in [-0.2, -0.15) is 0 Å². The minimum atomic E-state index is 0.701. The maximum atomic E-state index is 2.32. The highest BCUT2D eigenvalue weighted by molar-refractivity contribution is 5.47. The van der Waals surface area contributed by atoms with E-state index in [0.29, 0.717) is 5.92 Å². The van der Waals surface area contributed by atoms with Crippen molar-refractivity contribution in [2.45, 2.75) is 27.2 Å². The molecule has 0 saturated heterocycles. The van der Waals surface area contributed by atoms with E-state index in [4.69, 9.17) is 0 Å². The standard InChI is InChI=1S/C13H18/c1-4-6-12(5-2)13-9-7-11(3)8-10-13/h4-7,9-11H,8H2,1-3H3/b6-4-,12-5+. The van der Waals surface area contributed by atoms with Crippen molar-refractivity contribution in [2.75, 3.05) is 0 Å². The second-order valence-electron chi connectivity index (χ2n) is 3.48. The fraction of sp³-hybridized carbons (Fsp3) is 0.385. The van der Waals surface area contributed by atoms with Gasteiger partial charge in [0.25, 0.3) is 0 Å². The summed E-state index contributed by atoms with van der Waals surface area (Å²) in [4.78, 5) is 0. The molecule has 0 aromatic rings. The molecule has 1 atom stereocenters. The Morgan fingerprint density at radius 2 is 2.23 bits per heavy atom. The molecule has 1 unspecified atom stereocenters. The first kappa shape index (κ1) is 10.0. The van der Waals surface area contributed by atoms with Gasteiger partial charge in [-0.1, -0.05) is 43.4 Å². The van der Waals surface area contributed by atoms with Gasteiger partial charge in [0.15, 0.2) is 0 Å². The van der Waals surface area contributed by atoms with Crippen LogP contribution in [0.4, 0.5) is 0 Å². The number of hydrogen-bond acceptors (Lipinski definition) is 0. The zero-order valence-corrected chi connectivity index (χ0v) is 8.75. The third-order valence-corrected chi connectivity index (χ3v) is 2.30. The van der Waals surface area contributed by atoms with Gasteiger partial charge in [-0.15, -0.1) is 0 Å².